The molecule has 1 heterocycles. The number of hydrogen-bond donors (Lipinski definition) is 1. The molecular weight excluding hydrogens is 170 g/mol. The molecule has 0 radical (unpaired) electrons. The molecule has 0 atom stereocenters. The molecule has 0 amide bonds. The van der Waals surface area contributed by atoms with E-state index in [9.17, 15) is 0 Å². The maximum atomic E-state index is 3.43. The molecule has 0 fully saturated rings. The number of hydrogen-bond acceptors (Lipinski definition) is 0. The summed E-state index contributed by atoms with van der Waals surface area (Å²) in [5.41, 5.74) is 3.75. The lowest BCUT2D eigenvalue weighted by molar-refractivity contribution is 0.834. The average molecular weight is 185 g/mol. The van der Waals surface area contributed by atoms with Gasteiger partial charge in [-0.25, -0.2) is 0 Å². The quantitative estimate of drug-likeness (QED) is 0.732. The molecule has 0 aliphatic carbocycles. The summed E-state index contributed by atoms with van der Waals surface area (Å²) >= 11 is 0. The Morgan fingerprint density at radius 2 is 1.64 bits per heavy atom. The van der Waals surface area contributed by atoms with Crippen LogP contribution >= 0.6 is 0 Å². The van der Waals surface area contributed by atoms with Crippen molar-refractivity contribution >= 4 is 0 Å². The van der Waals surface area contributed by atoms with Crippen LogP contribution in [0.15, 0.2) is 42.5 Å². The van der Waals surface area contributed by atoms with Crippen LogP contribution in [0.1, 0.15) is 25.5 Å². The van der Waals surface area contributed by atoms with E-state index < -0.39 is 0 Å². The van der Waals surface area contributed by atoms with Gasteiger partial charge in [0.1, 0.15) is 0 Å². The molecule has 0 unspecified atom stereocenters. The van der Waals surface area contributed by atoms with Crippen molar-refractivity contribution in [2.24, 2.45) is 0 Å². The summed E-state index contributed by atoms with van der Waals surface area (Å²) in [6.45, 7) is 4.39. The number of rotatable bonds is 2. The minimum absolute atomic E-state index is 0.562. The highest BCUT2D eigenvalue weighted by molar-refractivity contribution is 5.59. The van der Waals surface area contributed by atoms with E-state index in [2.05, 4.69) is 55.2 Å². The summed E-state index contributed by atoms with van der Waals surface area (Å²) in [5, 5.41) is 0. The first kappa shape index (κ1) is 9.07. The van der Waals surface area contributed by atoms with Crippen molar-refractivity contribution in [3.63, 3.8) is 0 Å². The fourth-order valence-corrected chi connectivity index (χ4v) is 1.53. The van der Waals surface area contributed by atoms with Gasteiger partial charge in [0.2, 0.25) is 0 Å². The first-order chi connectivity index (χ1) is 6.77. The Hall–Kier alpha value is -1.50. The van der Waals surface area contributed by atoms with Crippen LogP contribution in [0.3, 0.4) is 0 Å². The van der Waals surface area contributed by atoms with E-state index in [-0.39, 0.29) is 0 Å². The second-order valence-electron chi connectivity index (χ2n) is 3.85. The van der Waals surface area contributed by atoms with E-state index in [4.69, 9.17) is 0 Å². The Morgan fingerprint density at radius 3 is 2.21 bits per heavy atom. The van der Waals surface area contributed by atoms with Crippen LogP contribution in [0.4, 0.5) is 0 Å². The predicted octanol–water partition coefficient (Wildman–Crippen LogP) is 3.81. The second-order valence-corrected chi connectivity index (χ2v) is 3.85. The third-order valence-electron chi connectivity index (χ3n) is 2.42. The number of nitrogens with one attached hydrogen (secondary N) is 1. The minimum Gasteiger partial charge on any atom is -0.358 e. The lowest BCUT2D eigenvalue weighted by Crippen LogP contribution is -1.86. The van der Waals surface area contributed by atoms with Crippen molar-refractivity contribution in [1.82, 2.24) is 4.98 Å². The third kappa shape index (κ3) is 1.72. The van der Waals surface area contributed by atoms with Gasteiger partial charge in [-0.2, -0.15) is 0 Å². The number of aromatic nitrogens is 1. The summed E-state index contributed by atoms with van der Waals surface area (Å²) in [6.07, 6.45) is 0. The van der Waals surface area contributed by atoms with E-state index in [1.54, 1.807) is 0 Å². The van der Waals surface area contributed by atoms with E-state index in [0.717, 1.165) is 0 Å². The zero-order chi connectivity index (χ0) is 9.97. The van der Waals surface area contributed by atoms with Crippen molar-refractivity contribution in [1.29, 1.82) is 0 Å². The lowest BCUT2D eigenvalue weighted by atomic mass is 10.1. The molecular formula is C13H15N. The van der Waals surface area contributed by atoms with Gasteiger partial charge < -0.3 is 4.98 Å². The molecule has 0 aliphatic heterocycles. The maximum Gasteiger partial charge on any atom is 0.0456 e. The standard InChI is InChI=1S/C13H15N/c1-10(2)12-8-9-13(14-12)11-6-4-3-5-7-11/h3-10,14H,1-2H3. The Morgan fingerprint density at radius 1 is 0.929 bits per heavy atom. The SMILES string of the molecule is CC(C)c1ccc(-c2ccccc2)[nH]1. The van der Waals surface area contributed by atoms with E-state index in [0.29, 0.717) is 5.92 Å². The molecule has 0 saturated heterocycles. The summed E-state index contributed by atoms with van der Waals surface area (Å²) in [4.78, 5) is 3.43. The van der Waals surface area contributed by atoms with Crippen molar-refractivity contribution in [2.75, 3.05) is 0 Å². The largest absolute Gasteiger partial charge is 0.358 e. The minimum atomic E-state index is 0.562. The van der Waals surface area contributed by atoms with Crippen LogP contribution in [0.5, 0.6) is 0 Å². The van der Waals surface area contributed by atoms with Gasteiger partial charge in [0, 0.05) is 11.4 Å². The molecule has 1 aromatic heterocycles. The van der Waals surface area contributed by atoms with Gasteiger partial charge in [-0.15, -0.1) is 0 Å². The van der Waals surface area contributed by atoms with Crippen molar-refractivity contribution in [3.05, 3.63) is 48.2 Å². The highest BCUT2D eigenvalue weighted by Crippen LogP contribution is 2.21. The highest BCUT2D eigenvalue weighted by Gasteiger charge is 2.03. The van der Waals surface area contributed by atoms with Gasteiger partial charge in [-0.1, -0.05) is 44.2 Å². The van der Waals surface area contributed by atoms with Crippen LogP contribution in [0.25, 0.3) is 11.3 Å². The number of H-pyrrole nitrogens is 1. The summed E-state index contributed by atoms with van der Waals surface area (Å²) < 4.78 is 0. The van der Waals surface area contributed by atoms with E-state index >= 15 is 0 Å². The molecule has 0 spiro atoms. The molecule has 72 valence electrons. The number of benzene rings is 1. The van der Waals surface area contributed by atoms with Crippen LogP contribution in [-0.2, 0) is 0 Å². The fourth-order valence-electron chi connectivity index (χ4n) is 1.53. The first-order valence-electron chi connectivity index (χ1n) is 5.01. The molecule has 2 aromatic rings. The van der Waals surface area contributed by atoms with Gasteiger partial charge in [0.25, 0.3) is 0 Å². The zero-order valence-electron chi connectivity index (χ0n) is 8.62. The van der Waals surface area contributed by atoms with Crippen molar-refractivity contribution in [2.45, 2.75) is 19.8 Å². The van der Waals surface area contributed by atoms with Crippen LogP contribution in [0, 0.1) is 0 Å². The summed E-state index contributed by atoms with van der Waals surface area (Å²) in [5.74, 6) is 0.562. The van der Waals surface area contributed by atoms with E-state index in [1.165, 1.54) is 17.0 Å². The van der Waals surface area contributed by atoms with Crippen molar-refractivity contribution in [3.8, 4) is 11.3 Å². The van der Waals surface area contributed by atoms with Crippen LogP contribution in [0.2, 0.25) is 0 Å². The normalized spacial score (nSPS) is 10.8. The Balaban J connectivity index is 2.34. The monoisotopic (exact) mass is 185 g/mol. The molecule has 1 N–H and O–H groups in total. The topological polar surface area (TPSA) is 15.8 Å². The zero-order valence-corrected chi connectivity index (χ0v) is 8.62. The Bertz CT molecular complexity index is 398. The molecule has 0 bridgehead atoms. The molecule has 1 aromatic carbocycles. The van der Waals surface area contributed by atoms with Gasteiger partial charge >= 0.3 is 0 Å². The molecule has 2 rings (SSSR count). The van der Waals surface area contributed by atoms with E-state index in [1.807, 2.05) is 6.07 Å². The smallest absolute Gasteiger partial charge is 0.0456 e. The van der Waals surface area contributed by atoms with Gasteiger partial charge in [0.05, 0.1) is 0 Å². The Kier molecular flexibility index (Phi) is 2.40. The maximum absolute atomic E-state index is 3.43. The summed E-state index contributed by atoms with van der Waals surface area (Å²) in [7, 11) is 0. The first-order valence-corrected chi connectivity index (χ1v) is 5.01. The number of aromatic amines is 1. The lowest BCUT2D eigenvalue weighted by Gasteiger charge is -2.01. The molecule has 1 nitrogen and oxygen atoms in total. The Labute approximate surface area is 84.8 Å². The van der Waals surface area contributed by atoms with Crippen molar-refractivity contribution < 1.29 is 0 Å². The highest BCUT2D eigenvalue weighted by atomic mass is 14.7. The fraction of sp³-hybridized carbons (Fsp3) is 0.231. The van der Waals surface area contributed by atoms with Crippen LogP contribution < -0.4 is 0 Å². The second kappa shape index (κ2) is 3.70. The third-order valence-corrected chi connectivity index (χ3v) is 2.42. The van der Waals surface area contributed by atoms with Gasteiger partial charge in [-0.3, -0.25) is 0 Å². The summed E-state index contributed by atoms with van der Waals surface area (Å²) in [6, 6.07) is 14.7. The van der Waals surface area contributed by atoms with Gasteiger partial charge in [0.15, 0.2) is 0 Å². The average Bonchev–Trinajstić information content (AvgIpc) is 2.68. The van der Waals surface area contributed by atoms with Crippen LogP contribution in [-0.4, -0.2) is 4.98 Å². The molecule has 14 heavy (non-hydrogen) atoms. The molecule has 1 heteroatoms. The molecule has 0 saturated carbocycles. The van der Waals surface area contributed by atoms with Gasteiger partial charge in [-0.05, 0) is 23.6 Å². The molecule has 0 aliphatic rings. The predicted molar refractivity (Wildman–Crippen MR) is 60.3 cm³/mol.